The summed E-state index contributed by atoms with van der Waals surface area (Å²) in [5.41, 5.74) is 3.59. The van der Waals surface area contributed by atoms with Gasteiger partial charge in [0.1, 0.15) is 0 Å². The summed E-state index contributed by atoms with van der Waals surface area (Å²) >= 11 is 0. The number of nitrogens with one attached hydrogen (secondary N) is 2. The average molecular weight is 340 g/mol. The van der Waals surface area contributed by atoms with Crippen LogP contribution in [0.3, 0.4) is 0 Å². The molecule has 6 heteroatoms. The molecule has 0 spiro atoms. The van der Waals surface area contributed by atoms with Gasteiger partial charge in [0, 0.05) is 12.2 Å². The van der Waals surface area contributed by atoms with Gasteiger partial charge in [-0.15, -0.1) is 0 Å². The fourth-order valence-corrected chi connectivity index (χ4v) is 2.83. The Kier molecular flexibility index (Phi) is 4.88. The molecule has 2 amide bonds. The molecule has 25 heavy (non-hydrogen) atoms. The van der Waals surface area contributed by atoms with Gasteiger partial charge in [-0.05, 0) is 34.9 Å². The summed E-state index contributed by atoms with van der Waals surface area (Å²) in [6, 6.07) is 11.1. The summed E-state index contributed by atoms with van der Waals surface area (Å²) < 4.78 is 10.5. The maximum atomic E-state index is 12.2. The van der Waals surface area contributed by atoms with Crippen LogP contribution >= 0.6 is 0 Å². The zero-order valence-electron chi connectivity index (χ0n) is 14.2. The van der Waals surface area contributed by atoms with Crippen LogP contribution in [0.15, 0.2) is 36.4 Å². The molecule has 0 fully saturated rings. The van der Waals surface area contributed by atoms with Gasteiger partial charge in [-0.1, -0.05) is 18.2 Å². The lowest BCUT2D eigenvalue weighted by atomic mass is 10.1. The van der Waals surface area contributed by atoms with E-state index in [-0.39, 0.29) is 18.2 Å². The number of carbonyl (C=O) groups excluding carboxylic acids is 2. The summed E-state index contributed by atoms with van der Waals surface area (Å²) in [4.78, 5) is 23.6. The number of benzene rings is 2. The Morgan fingerprint density at radius 2 is 1.84 bits per heavy atom. The van der Waals surface area contributed by atoms with Crippen LogP contribution in [-0.4, -0.2) is 26.0 Å². The predicted molar refractivity (Wildman–Crippen MR) is 93.9 cm³/mol. The van der Waals surface area contributed by atoms with E-state index in [0.29, 0.717) is 24.5 Å². The molecule has 0 saturated heterocycles. The lowest BCUT2D eigenvalue weighted by Crippen LogP contribution is -2.24. The standard InChI is InChI=1S/C19H20N2O4/c1-24-16-6-4-13(8-17(16)25-2)11-20-18(22)9-12-3-5-15-14(7-12)10-19(23)21-15/h3-8H,9-11H2,1-2H3,(H,20,22)(H,21,23). The minimum absolute atomic E-state index is 0.00921. The van der Waals surface area contributed by atoms with Gasteiger partial charge >= 0.3 is 0 Å². The molecule has 0 atom stereocenters. The van der Waals surface area contributed by atoms with E-state index in [9.17, 15) is 9.59 Å². The third kappa shape index (κ3) is 3.91. The minimum Gasteiger partial charge on any atom is -0.493 e. The van der Waals surface area contributed by atoms with E-state index in [2.05, 4.69) is 10.6 Å². The van der Waals surface area contributed by atoms with E-state index in [4.69, 9.17) is 9.47 Å². The van der Waals surface area contributed by atoms with Gasteiger partial charge in [0.15, 0.2) is 11.5 Å². The molecule has 0 aliphatic carbocycles. The molecule has 0 saturated carbocycles. The van der Waals surface area contributed by atoms with Gasteiger partial charge in [-0.3, -0.25) is 9.59 Å². The first-order valence-electron chi connectivity index (χ1n) is 7.98. The summed E-state index contributed by atoms with van der Waals surface area (Å²) in [5.74, 6) is 1.20. The Labute approximate surface area is 146 Å². The number of anilines is 1. The number of hydrogen-bond acceptors (Lipinski definition) is 4. The van der Waals surface area contributed by atoms with Crippen molar-refractivity contribution in [2.75, 3.05) is 19.5 Å². The van der Waals surface area contributed by atoms with Crippen LogP contribution in [0.25, 0.3) is 0 Å². The lowest BCUT2D eigenvalue weighted by molar-refractivity contribution is -0.120. The maximum Gasteiger partial charge on any atom is 0.228 e. The first-order valence-corrected chi connectivity index (χ1v) is 7.98. The summed E-state index contributed by atoms with van der Waals surface area (Å²) in [7, 11) is 3.16. The van der Waals surface area contributed by atoms with Crippen molar-refractivity contribution in [3.63, 3.8) is 0 Å². The van der Waals surface area contributed by atoms with Crippen molar-refractivity contribution in [2.24, 2.45) is 0 Å². The Bertz CT molecular complexity index is 817. The number of amides is 2. The van der Waals surface area contributed by atoms with Crippen LogP contribution in [0.5, 0.6) is 11.5 Å². The van der Waals surface area contributed by atoms with E-state index in [1.165, 1.54) is 0 Å². The smallest absolute Gasteiger partial charge is 0.228 e. The summed E-state index contributed by atoms with van der Waals surface area (Å²) in [6.07, 6.45) is 0.644. The molecule has 3 rings (SSSR count). The van der Waals surface area contributed by atoms with Crippen LogP contribution < -0.4 is 20.1 Å². The number of rotatable bonds is 6. The first-order chi connectivity index (χ1) is 12.1. The highest BCUT2D eigenvalue weighted by Gasteiger charge is 2.18. The molecule has 130 valence electrons. The third-order valence-electron chi connectivity index (χ3n) is 4.10. The zero-order chi connectivity index (χ0) is 17.8. The van der Waals surface area contributed by atoms with E-state index in [0.717, 1.165) is 22.4 Å². The van der Waals surface area contributed by atoms with Gasteiger partial charge in [0.25, 0.3) is 0 Å². The van der Waals surface area contributed by atoms with E-state index < -0.39 is 0 Å². The molecule has 0 unspecified atom stereocenters. The van der Waals surface area contributed by atoms with Crippen molar-refractivity contribution in [3.8, 4) is 11.5 Å². The van der Waals surface area contributed by atoms with Crippen LogP contribution in [0.4, 0.5) is 5.69 Å². The second-order valence-corrected chi connectivity index (χ2v) is 5.86. The second-order valence-electron chi connectivity index (χ2n) is 5.86. The quantitative estimate of drug-likeness (QED) is 0.844. The fourth-order valence-electron chi connectivity index (χ4n) is 2.83. The summed E-state index contributed by atoms with van der Waals surface area (Å²) in [5, 5.41) is 5.68. The van der Waals surface area contributed by atoms with E-state index >= 15 is 0 Å². The molecule has 1 aliphatic rings. The van der Waals surface area contributed by atoms with Gasteiger partial charge in [-0.25, -0.2) is 0 Å². The van der Waals surface area contributed by atoms with Crippen molar-refractivity contribution in [1.29, 1.82) is 0 Å². The first kappa shape index (κ1) is 16.8. The number of methoxy groups -OCH3 is 2. The number of hydrogen-bond donors (Lipinski definition) is 2. The van der Waals surface area contributed by atoms with Gasteiger partial charge in [0.2, 0.25) is 11.8 Å². The SMILES string of the molecule is COc1ccc(CNC(=O)Cc2ccc3c(c2)CC(=O)N3)cc1OC. The molecule has 0 bridgehead atoms. The van der Waals surface area contributed by atoms with Crippen molar-refractivity contribution >= 4 is 17.5 Å². The van der Waals surface area contributed by atoms with Crippen molar-refractivity contribution in [2.45, 2.75) is 19.4 Å². The Hall–Kier alpha value is -3.02. The number of carbonyl (C=O) groups is 2. The third-order valence-corrected chi connectivity index (χ3v) is 4.10. The van der Waals surface area contributed by atoms with Crippen LogP contribution in [-0.2, 0) is 29.0 Å². The molecule has 2 aromatic carbocycles. The molecule has 6 nitrogen and oxygen atoms in total. The molecule has 0 radical (unpaired) electrons. The van der Waals surface area contributed by atoms with E-state index in [1.54, 1.807) is 14.2 Å². The maximum absolute atomic E-state index is 12.2. The van der Waals surface area contributed by atoms with Crippen LogP contribution in [0.1, 0.15) is 16.7 Å². The molecule has 1 heterocycles. The monoisotopic (exact) mass is 340 g/mol. The molecule has 2 N–H and O–H groups in total. The van der Waals surface area contributed by atoms with Gasteiger partial charge in [0.05, 0.1) is 27.1 Å². The van der Waals surface area contributed by atoms with Crippen molar-refractivity contribution in [3.05, 3.63) is 53.1 Å². The molecule has 2 aromatic rings. The average Bonchev–Trinajstić information content (AvgIpc) is 2.99. The highest BCUT2D eigenvalue weighted by molar-refractivity contribution is 5.99. The van der Waals surface area contributed by atoms with Crippen molar-refractivity contribution < 1.29 is 19.1 Å². The second kappa shape index (κ2) is 7.25. The molecule has 1 aliphatic heterocycles. The normalized spacial score (nSPS) is 12.3. The lowest BCUT2D eigenvalue weighted by Gasteiger charge is -2.10. The molecule has 0 aromatic heterocycles. The Balaban J connectivity index is 1.58. The largest absolute Gasteiger partial charge is 0.493 e. The van der Waals surface area contributed by atoms with Crippen LogP contribution in [0, 0.1) is 0 Å². The van der Waals surface area contributed by atoms with Crippen molar-refractivity contribution in [1.82, 2.24) is 5.32 Å². The summed E-state index contributed by atoms with van der Waals surface area (Å²) in [6.45, 7) is 0.407. The Morgan fingerprint density at radius 3 is 2.60 bits per heavy atom. The topological polar surface area (TPSA) is 76.7 Å². The molecular formula is C19H20N2O4. The minimum atomic E-state index is -0.0768. The molecular weight excluding hydrogens is 320 g/mol. The number of ether oxygens (including phenoxy) is 2. The highest BCUT2D eigenvalue weighted by atomic mass is 16.5. The fraction of sp³-hybridized carbons (Fsp3) is 0.263. The Morgan fingerprint density at radius 1 is 1.08 bits per heavy atom. The predicted octanol–water partition coefficient (Wildman–Crippen LogP) is 2.06. The van der Waals surface area contributed by atoms with E-state index in [1.807, 2.05) is 36.4 Å². The van der Waals surface area contributed by atoms with Gasteiger partial charge < -0.3 is 20.1 Å². The highest BCUT2D eigenvalue weighted by Crippen LogP contribution is 2.27. The van der Waals surface area contributed by atoms with Crippen LogP contribution in [0.2, 0.25) is 0 Å². The van der Waals surface area contributed by atoms with Gasteiger partial charge in [-0.2, -0.15) is 0 Å². The zero-order valence-corrected chi connectivity index (χ0v) is 14.2. The number of fused-ring (bicyclic) bond motifs is 1.